The van der Waals surface area contributed by atoms with Gasteiger partial charge in [0.25, 0.3) is 11.8 Å². The van der Waals surface area contributed by atoms with E-state index in [4.69, 9.17) is 10.5 Å². The molecule has 3 atom stereocenters. The maximum Gasteiger partial charge on any atom is 0.258 e. The smallest absolute Gasteiger partial charge is 0.258 e. The molecular formula is C32H41N5O4. The van der Waals surface area contributed by atoms with Gasteiger partial charge in [-0.25, -0.2) is 0 Å². The number of likely N-dealkylation sites (N-methyl/N-ethyl adjacent to an activating group) is 1. The SMILES string of the molecule is C[C@H](CO)N1C[C@H](C)[C@@H](CN(C)Cc2ccc(C(=O)Nc3ccccc3N)cc2)Oc2c(cccc2N(C)C)C1=O. The number of fused-ring (bicyclic) bond motifs is 1. The summed E-state index contributed by atoms with van der Waals surface area (Å²) in [5.74, 6) is 0.223. The highest BCUT2D eigenvalue weighted by atomic mass is 16.5. The van der Waals surface area contributed by atoms with Crippen LogP contribution in [-0.4, -0.2) is 79.7 Å². The number of carbonyl (C=O) groups excluding carboxylic acids is 2. The monoisotopic (exact) mass is 559 g/mol. The van der Waals surface area contributed by atoms with Gasteiger partial charge in [-0.15, -0.1) is 0 Å². The van der Waals surface area contributed by atoms with Crippen molar-refractivity contribution in [3.63, 3.8) is 0 Å². The van der Waals surface area contributed by atoms with E-state index in [-0.39, 0.29) is 36.5 Å². The van der Waals surface area contributed by atoms with Crippen molar-refractivity contribution in [1.29, 1.82) is 0 Å². The molecule has 0 spiro atoms. The minimum absolute atomic E-state index is 0.00950. The number of nitrogens with one attached hydrogen (secondary N) is 1. The number of hydrogen-bond donors (Lipinski definition) is 3. The third-order valence-corrected chi connectivity index (χ3v) is 7.52. The molecule has 1 heterocycles. The zero-order valence-electron chi connectivity index (χ0n) is 24.5. The number of aliphatic hydroxyl groups excluding tert-OH is 1. The predicted molar refractivity (Wildman–Crippen MR) is 164 cm³/mol. The van der Waals surface area contributed by atoms with Crippen molar-refractivity contribution in [2.45, 2.75) is 32.5 Å². The molecule has 3 aromatic rings. The van der Waals surface area contributed by atoms with Gasteiger partial charge in [-0.3, -0.25) is 14.5 Å². The Hall–Kier alpha value is -4.08. The second-order valence-electron chi connectivity index (χ2n) is 11.1. The number of para-hydroxylation sites is 3. The van der Waals surface area contributed by atoms with E-state index in [1.54, 1.807) is 23.1 Å². The summed E-state index contributed by atoms with van der Waals surface area (Å²) >= 11 is 0. The Morgan fingerprint density at radius 3 is 2.46 bits per heavy atom. The first-order valence-corrected chi connectivity index (χ1v) is 13.9. The molecule has 3 aromatic carbocycles. The van der Waals surface area contributed by atoms with E-state index in [2.05, 4.69) is 17.1 Å². The Bertz CT molecular complexity index is 1360. The normalized spacial score (nSPS) is 17.7. The van der Waals surface area contributed by atoms with E-state index in [1.165, 1.54) is 0 Å². The summed E-state index contributed by atoms with van der Waals surface area (Å²) in [6.45, 7) is 5.58. The van der Waals surface area contributed by atoms with Gasteiger partial charge in [-0.2, -0.15) is 0 Å². The number of benzene rings is 3. The number of nitrogen functional groups attached to an aromatic ring is 1. The Balaban J connectivity index is 1.49. The first kappa shape index (κ1) is 29.9. The van der Waals surface area contributed by atoms with Gasteiger partial charge in [0, 0.05) is 45.2 Å². The van der Waals surface area contributed by atoms with Crippen LogP contribution in [-0.2, 0) is 6.54 Å². The first-order valence-electron chi connectivity index (χ1n) is 13.9. The van der Waals surface area contributed by atoms with Crippen LogP contribution in [0.3, 0.4) is 0 Å². The lowest BCUT2D eigenvalue weighted by Gasteiger charge is -2.39. The fourth-order valence-electron chi connectivity index (χ4n) is 5.05. The van der Waals surface area contributed by atoms with Crippen LogP contribution in [0.15, 0.2) is 66.7 Å². The lowest BCUT2D eigenvalue weighted by atomic mass is 9.98. The summed E-state index contributed by atoms with van der Waals surface area (Å²) in [5.41, 5.74) is 10.00. The maximum atomic E-state index is 13.5. The van der Waals surface area contributed by atoms with Crippen LogP contribution < -0.4 is 20.7 Å². The first-order chi connectivity index (χ1) is 19.6. The standard InChI is InChI=1S/C32H41N5O4/c1-21-17-37(22(2)20-38)32(40)25-9-8-12-28(35(3)4)30(25)41-29(21)19-36(5)18-23-13-15-24(16-14-23)31(39)34-27-11-7-6-10-26(27)33/h6-16,21-22,29,38H,17-20,33H2,1-5H3,(H,34,39)/t21-,22+,29+/m0/s1. The van der Waals surface area contributed by atoms with Crippen LogP contribution in [0.1, 0.15) is 40.1 Å². The molecule has 41 heavy (non-hydrogen) atoms. The lowest BCUT2D eigenvalue weighted by Crippen LogP contribution is -2.49. The van der Waals surface area contributed by atoms with Gasteiger partial charge >= 0.3 is 0 Å². The number of hydrogen-bond acceptors (Lipinski definition) is 7. The lowest BCUT2D eigenvalue weighted by molar-refractivity contribution is 0.0343. The highest BCUT2D eigenvalue weighted by molar-refractivity contribution is 6.05. The van der Waals surface area contributed by atoms with E-state index in [1.807, 2.05) is 81.5 Å². The minimum atomic E-state index is -0.314. The molecule has 0 unspecified atom stereocenters. The number of anilines is 3. The van der Waals surface area contributed by atoms with Gasteiger partial charge in [0.15, 0.2) is 5.75 Å². The van der Waals surface area contributed by atoms with E-state index in [0.717, 1.165) is 11.3 Å². The molecule has 0 radical (unpaired) electrons. The summed E-state index contributed by atoms with van der Waals surface area (Å²) in [6.07, 6.45) is -0.206. The number of nitrogens with zero attached hydrogens (tertiary/aromatic N) is 3. The molecule has 2 amide bonds. The van der Waals surface area contributed by atoms with Crippen molar-refractivity contribution < 1.29 is 19.4 Å². The number of carbonyl (C=O) groups is 2. The quantitative estimate of drug-likeness (QED) is 0.341. The molecule has 0 aromatic heterocycles. The molecular weight excluding hydrogens is 518 g/mol. The predicted octanol–water partition coefficient (Wildman–Crippen LogP) is 3.94. The van der Waals surface area contributed by atoms with Crippen molar-refractivity contribution in [3.8, 4) is 5.75 Å². The number of ether oxygens (including phenoxy) is 1. The summed E-state index contributed by atoms with van der Waals surface area (Å²) < 4.78 is 6.64. The van der Waals surface area contributed by atoms with Crippen LogP contribution in [0.2, 0.25) is 0 Å². The fraction of sp³-hybridized carbons (Fsp3) is 0.375. The molecule has 218 valence electrons. The second-order valence-corrected chi connectivity index (χ2v) is 11.1. The van der Waals surface area contributed by atoms with Crippen LogP contribution in [0.4, 0.5) is 17.1 Å². The van der Waals surface area contributed by atoms with Crippen molar-refractivity contribution in [2.24, 2.45) is 5.92 Å². The van der Waals surface area contributed by atoms with Crippen molar-refractivity contribution >= 4 is 28.9 Å². The van der Waals surface area contributed by atoms with Crippen molar-refractivity contribution in [1.82, 2.24) is 9.80 Å². The van der Waals surface area contributed by atoms with Crippen LogP contribution in [0, 0.1) is 5.92 Å². The molecule has 0 aliphatic carbocycles. The molecule has 9 heteroatoms. The van der Waals surface area contributed by atoms with Gasteiger partial charge in [0.1, 0.15) is 6.10 Å². The van der Waals surface area contributed by atoms with E-state index < -0.39 is 0 Å². The Morgan fingerprint density at radius 2 is 1.80 bits per heavy atom. The Labute approximate surface area is 242 Å². The number of amides is 2. The summed E-state index contributed by atoms with van der Waals surface area (Å²) in [6, 6.07) is 20.0. The molecule has 0 saturated heterocycles. The number of nitrogens with two attached hydrogens (primary N) is 1. The van der Waals surface area contributed by atoms with Crippen LogP contribution in [0.5, 0.6) is 5.75 Å². The third kappa shape index (κ3) is 6.99. The van der Waals surface area contributed by atoms with Gasteiger partial charge in [-0.1, -0.05) is 37.3 Å². The van der Waals surface area contributed by atoms with Gasteiger partial charge < -0.3 is 30.7 Å². The number of rotatable bonds is 9. The average molecular weight is 560 g/mol. The van der Waals surface area contributed by atoms with Crippen molar-refractivity contribution in [3.05, 3.63) is 83.4 Å². The molecule has 4 N–H and O–H groups in total. The van der Waals surface area contributed by atoms with Crippen molar-refractivity contribution in [2.75, 3.05) is 56.8 Å². The molecule has 1 aliphatic heterocycles. The third-order valence-electron chi connectivity index (χ3n) is 7.52. The fourth-order valence-corrected chi connectivity index (χ4v) is 5.05. The molecule has 0 bridgehead atoms. The maximum absolute atomic E-state index is 13.5. The molecule has 4 rings (SSSR count). The Morgan fingerprint density at radius 1 is 1.10 bits per heavy atom. The zero-order valence-corrected chi connectivity index (χ0v) is 24.5. The van der Waals surface area contributed by atoms with Gasteiger partial charge in [0.2, 0.25) is 0 Å². The highest BCUT2D eigenvalue weighted by Gasteiger charge is 2.34. The average Bonchev–Trinajstić information content (AvgIpc) is 2.95. The molecule has 1 aliphatic rings. The second kappa shape index (κ2) is 13.1. The van der Waals surface area contributed by atoms with E-state index >= 15 is 0 Å². The largest absolute Gasteiger partial charge is 0.486 e. The highest BCUT2D eigenvalue weighted by Crippen LogP contribution is 2.36. The zero-order chi connectivity index (χ0) is 29.7. The van der Waals surface area contributed by atoms with Gasteiger partial charge in [-0.05, 0) is 55.9 Å². The summed E-state index contributed by atoms with van der Waals surface area (Å²) in [5, 5.41) is 12.7. The van der Waals surface area contributed by atoms with E-state index in [9.17, 15) is 14.7 Å². The van der Waals surface area contributed by atoms with Gasteiger partial charge in [0.05, 0.1) is 35.3 Å². The van der Waals surface area contributed by atoms with Crippen LogP contribution >= 0.6 is 0 Å². The van der Waals surface area contributed by atoms with E-state index in [0.29, 0.717) is 47.9 Å². The number of aliphatic hydroxyl groups is 1. The molecule has 0 saturated carbocycles. The summed E-state index contributed by atoms with van der Waals surface area (Å²) in [4.78, 5) is 32.1. The van der Waals surface area contributed by atoms with Crippen LogP contribution in [0.25, 0.3) is 0 Å². The molecule has 9 nitrogen and oxygen atoms in total. The molecule has 0 fully saturated rings. The topological polar surface area (TPSA) is 111 Å². The Kier molecular flexibility index (Phi) is 9.52. The summed E-state index contributed by atoms with van der Waals surface area (Å²) in [7, 11) is 5.89. The minimum Gasteiger partial charge on any atom is -0.486 e.